The quantitative estimate of drug-likeness (QED) is 0.568. The summed E-state index contributed by atoms with van der Waals surface area (Å²) < 4.78 is 5.54. The van der Waals surface area contributed by atoms with Crippen LogP contribution in [0.1, 0.15) is 36.9 Å². The van der Waals surface area contributed by atoms with Crippen LogP contribution in [0, 0.1) is 12.8 Å². The highest BCUT2D eigenvalue weighted by Crippen LogP contribution is 2.40. The zero-order valence-corrected chi connectivity index (χ0v) is 12.1. The molecule has 1 fully saturated rings. The third-order valence-electron chi connectivity index (χ3n) is 3.49. The van der Waals surface area contributed by atoms with Crippen LogP contribution in [0.4, 0.5) is 0 Å². The van der Waals surface area contributed by atoms with Gasteiger partial charge in [0.1, 0.15) is 0 Å². The molecule has 1 aliphatic carbocycles. The molecule has 0 bridgehead atoms. The van der Waals surface area contributed by atoms with Gasteiger partial charge in [-0.05, 0) is 38.2 Å². The smallest absolute Gasteiger partial charge is 0.0672 e. The standard InChI is InChI=1S/C17H25NO/c1-13(2)12-19-11-10-18-17(16-8-9-16)15-6-4-14(3)5-7-15/h4-7,16-18H,1,8-12H2,2-3H3. The second-order valence-corrected chi connectivity index (χ2v) is 5.69. The fraction of sp³-hybridized carbons (Fsp3) is 0.529. The molecule has 0 aliphatic heterocycles. The van der Waals surface area contributed by atoms with E-state index in [-0.39, 0.29) is 0 Å². The summed E-state index contributed by atoms with van der Waals surface area (Å²) in [5.41, 5.74) is 3.81. The summed E-state index contributed by atoms with van der Waals surface area (Å²) in [5, 5.41) is 3.64. The second kappa shape index (κ2) is 6.88. The molecule has 0 heterocycles. The summed E-state index contributed by atoms with van der Waals surface area (Å²) in [4.78, 5) is 0. The molecule has 1 aliphatic rings. The predicted octanol–water partition coefficient (Wildman–Crippen LogP) is 3.63. The van der Waals surface area contributed by atoms with Crippen LogP contribution >= 0.6 is 0 Å². The Kier molecular flexibility index (Phi) is 5.17. The lowest BCUT2D eigenvalue weighted by molar-refractivity contribution is 0.154. The molecule has 2 nitrogen and oxygen atoms in total. The summed E-state index contributed by atoms with van der Waals surface area (Å²) >= 11 is 0. The number of hydrogen-bond acceptors (Lipinski definition) is 2. The van der Waals surface area contributed by atoms with Crippen molar-refractivity contribution in [1.29, 1.82) is 0 Å². The lowest BCUT2D eigenvalue weighted by Gasteiger charge is -2.19. The Morgan fingerprint density at radius 3 is 2.63 bits per heavy atom. The topological polar surface area (TPSA) is 21.3 Å². The summed E-state index contributed by atoms with van der Waals surface area (Å²) in [6.07, 6.45) is 2.69. The predicted molar refractivity (Wildman–Crippen MR) is 80.3 cm³/mol. The Morgan fingerprint density at radius 1 is 1.37 bits per heavy atom. The van der Waals surface area contributed by atoms with Crippen LogP contribution in [0.2, 0.25) is 0 Å². The second-order valence-electron chi connectivity index (χ2n) is 5.69. The highest BCUT2D eigenvalue weighted by molar-refractivity contribution is 5.25. The van der Waals surface area contributed by atoms with Crippen LogP contribution < -0.4 is 5.32 Å². The van der Waals surface area contributed by atoms with E-state index >= 15 is 0 Å². The normalized spacial score (nSPS) is 16.3. The molecule has 19 heavy (non-hydrogen) atoms. The van der Waals surface area contributed by atoms with Crippen LogP contribution in [0.25, 0.3) is 0 Å². The molecule has 1 N–H and O–H groups in total. The maximum atomic E-state index is 5.54. The first-order valence-electron chi connectivity index (χ1n) is 7.19. The zero-order chi connectivity index (χ0) is 13.7. The lowest BCUT2D eigenvalue weighted by atomic mass is 10.0. The van der Waals surface area contributed by atoms with Gasteiger partial charge in [0.15, 0.2) is 0 Å². The number of hydrogen-bond donors (Lipinski definition) is 1. The van der Waals surface area contributed by atoms with E-state index < -0.39 is 0 Å². The van der Waals surface area contributed by atoms with Crippen molar-refractivity contribution in [3.63, 3.8) is 0 Å². The summed E-state index contributed by atoms with van der Waals surface area (Å²) in [6.45, 7) is 10.3. The molecule has 0 radical (unpaired) electrons. The SMILES string of the molecule is C=C(C)COCCNC(c1ccc(C)cc1)C1CC1. The van der Waals surface area contributed by atoms with E-state index in [1.54, 1.807) is 0 Å². The molecule has 1 saturated carbocycles. The molecule has 0 spiro atoms. The summed E-state index contributed by atoms with van der Waals surface area (Å²) in [7, 11) is 0. The van der Waals surface area contributed by atoms with Gasteiger partial charge in [0, 0.05) is 12.6 Å². The third kappa shape index (κ3) is 4.81. The van der Waals surface area contributed by atoms with Crippen LogP contribution in [0.5, 0.6) is 0 Å². The number of ether oxygens (including phenoxy) is 1. The minimum atomic E-state index is 0.494. The molecular weight excluding hydrogens is 234 g/mol. The first kappa shape index (κ1) is 14.3. The Balaban J connectivity index is 1.80. The highest BCUT2D eigenvalue weighted by atomic mass is 16.5. The third-order valence-corrected chi connectivity index (χ3v) is 3.49. The van der Waals surface area contributed by atoms with Crippen molar-refractivity contribution in [2.24, 2.45) is 5.92 Å². The van der Waals surface area contributed by atoms with Gasteiger partial charge in [0.2, 0.25) is 0 Å². The molecule has 2 rings (SSSR count). The van der Waals surface area contributed by atoms with Gasteiger partial charge in [-0.3, -0.25) is 0 Å². The van der Waals surface area contributed by atoms with Gasteiger partial charge in [-0.2, -0.15) is 0 Å². The van der Waals surface area contributed by atoms with E-state index in [2.05, 4.69) is 43.1 Å². The van der Waals surface area contributed by atoms with Crippen molar-refractivity contribution in [3.05, 3.63) is 47.5 Å². The van der Waals surface area contributed by atoms with E-state index in [9.17, 15) is 0 Å². The lowest BCUT2D eigenvalue weighted by Crippen LogP contribution is -2.27. The van der Waals surface area contributed by atoms with Gasteiger partial charge in [-0.25, -0.2) is 0 Å². The molecule has 0 amide bonds. The van der Waals surface area contributed by atoms with Crippen LogP contribution in [0.3, 0.4) is 0 Å². The van der Waals surface area contributed by atoms with Crippen LogP contribution in [-0.2, 0) is 4.74 Å². The molecule has 0 aromatic heterocycles. The Bertz CT molecular complexity index is 406. The van der Waals surface area contributed by atoms with Gasteiger partial charge in [-0.1, -0.05) is 42.0 Å². The fourth-order valence-electron chi connectivity index (χ4n) is 2.29. The van der Waals surface area contributed by atoms with Crippen molar-refractivity contribution >= 4 is 0 Å². The largest absolute Gasteiger partial charge is 0.376 e. The van der Waals surface area contributed by atoms with Crippen molar-refractivity contribution in [3.8, 4) is 0 Å². The van der Waals surface area contributed by atoms with Crippen molar-refractivity contribution in [2.75, 3.05) is 19.8 Å². The highest BCUT2D eigenvalue weighted by Gasteiger charge is 2.31. The van der Waals surface area contributed by atoms with Crippen LogP contribution in [-0.4, -0.2) is 19.8 Å². The van der Waals surface area contributed by atoms with Gasteiger partial charge in [-0.15, -0.1) is 0 Å². The van der Waals surface area contributed by atoms with E-state index in [0.717, 1.165) is 24.6 Å². The molecule has 1 unspecified atom stereocenters. The maximum absolute atomic E-state index is 5.54. The van der Waals surface area contributed by atoms with Crippen LogP contribution in [0.15, 0.2) is 36.4 Å². The van der Waals surface area contributed by atoms with Crippen molar-refractivity contribution < 1.29 is 4.74 Å². The summed E-state index contributed by atoms with van der Waals surface area (Å²) in [6, 6.07) is 9.39. The number of rotatable bonds is 8. The average Bonchev–Trinajstić information content (AvgIpc) is 3.19. The van der Waals surface area contributed by atoms with E-state index in [1.165, 1.54) is 24.0 Å². The maximum Gasteiger partial charge on any atom is 0.0672 e. The number of benzene rings is 1. The van der Waals surface area contributed by atoms with Crippen molar-refractivity contribution in [1.82, 2.24) is 5.32 Å². The molecule has 1 atom stereocenters. The molecule has 104 valence electrons. The minimum absolute atomic E-state index is 0.494. The van der Waals surface area contributed by atoms with Gasteiger partial charge in [0.25, 0.3) is 0 Å². The van der Waals surface area contributed by atoms with E-state index in [4.69, 9.17) is 4.74 Å². The molecule has 1 aromatic carbocycles. The Labute approximate surface area is 116 Å². The number of aryl methyl sites for hydroxylation is 1. The van der Waals surface area contributed by atoms with Crippen molar-refractivity contribution in [2.45, 2.75) is 32.7 Å². The Morgan fingerprint density at radius 2 is 2.05 bits per heavy atom. The first-order chi connectivity index (χ1) is 9.16. The molecule has 2 heteroatoms. The van der Waals surface area contributed by atoms with Gasteiger partial charge < -0.3 is 10.1 Å². The van der Waals surface area contributed by atoms with E-state index in [0.29, 0.717) is 12.6 Å². The van der Waals surface area contributed by atoms with Gasteiger partial charge >= 0.3 is 0 Å². The molecule has 0 saturated heterocycles. The molecule has 1 aromatic rings. The Hall–Kier alpha value is -1.12. The first-order valence-corrected chi connectivity index (χ1v) is 7.19. The summed E-state index contributed by atoms with van der Waals surface area (Å²) in [5.74, 6) is 0.809. The number of nitrogens with one attached hydrogen (secondary N) is 1. The fourth-order valence-corrected chi connectivity index (χ4v) is 2.29. The van der Waals surface area contributed by atoms with Gasteiger partial charge in [0.05, 0.1) is 13.2 Å². The monoisotopic (exact) mass is 259 g/mol. The average molecular weight is 259 g/mol. The molecular formula is C17H25NO. The minimum Gasteiger partial charge on any atom is -0.376 e. The zero-order valence-electron chi connectivity index (χ0n) is 12.1. The van der Waals surface area contributed by atoms with E-state index in [1.807, 2.05) is 6.92 Å².